The van der Waals surface area contributed by atoms with Gasteiger partial charge in [0.1, 0.15) is 0 Å². The van der Waals surface area contributed by atoms with Crippen LogP contribution in [0.1, 0.15) is 24.2 Å². The first kappa shape index (κ1) is 18.3. The summed E-state index contributed by atoms with van der Waals surface area (Å²) in [5, 5.41) is 9.20. The fourth-order valence-corrected chi connectivity index (χ4v) is 2.12. The van der Waals surface area contributed by atoms with Gasteiger partial charge in [-0.05, 0) is 32.0 Å². The van der Waals surface area contributed by atoms with Gasteiger partial charge in [-0.3, -0.25) is 14.3 Å². The third-order valence-electron chi connectivity index (χ3n) is 3.20. The molecular weight excluding hydrogens is 324 g/mol. The molecule has 2 N–H and O–H groups in total. The minimum absolute atomic E-state index is 0.160. The second-order valence-electron chi connectivity index (χ2n) is 5.13. The van der Waals surface area contributed by atoms with Gasteiger partial charge in [-0.2, -0.15) is 5.10 Å². The first-order chi connectivity index (χ1) is 12.0. The maximum absolute atomic E-state index is 12.2. The molecule has 0 atom stereocenters. The van der Waals surface area contributed by atoms with Gasteiger partial charge in [0.25, 0.3) is 5.91 Å². The number of nitrogens with one attached hydrogen (secondary N) is 2. The van der Waals surface area contributed by atoms with Gasteiger partial charge in [-0.1, -0.05) is 0 Å². The van der Waals surface area contributed by atoms with E-state index in [4.69, 9.17) is 9.47 Å². The van der Waals surface area contributed by atoms with Crippen molar-refractivity contribution in [2.75, 3.05) is 25.1 Å². The van der Waals surface area contributed by atoms with E-state index in [1.54, 1.807) is 42.2 Å². The zero-order valence-corrected chi connectivity index (χ0v) is 14.5. The molecule has 0 aliphatic heterocycles. The molecule has 0 saturated carbocycles. The van der Waals surface area contributed by atoms with E-state index in [2.05, 4.69) is 15.7 Å². The number of benzene rings is 1. The van der Waals surface area contributed by atoms with Crippen LogP contribution in [0.15, 0.2) is 30.5 Å². The summed E-state index contributed by atoms with van der Waals surface area (Å²) < 4.78 is 12.5. The molecule has 2 rings (SSSR count). The summed E-state index contributed by atoms with van der Waals surface area (Å²) in [6.45, 7) is 4.52. The molecule has 0 spiro atoms. The standard InChI is InChI=1S/C17H22N4O4/c1-4-24-13-7-6-12(10-14(13)25-5-2)17(23)18-11-16(22)19-15-8-9-21(3)20-15/h6-10H,4-5,11H2,1-3H3,(H,18,23)(H,19,20,22). The van der Waals surface area contributed by atoms with E-state index in [1.807, 2.05) is 13.8 Å². The molecule has 134 valence electrons. The average Bonchev–Trinajstić information content (AvgIpc) is 2.99. The highest BCUT2D eigenvalue weighted by Gasteiger charge is 2.13. The molecule has 8 nitrogen and oxygen atoms in total. The number of anilines is 1. The molecule has 0 aliphatic carbocycles. The van der Waals surface area contributed by atoms with Crippen LogP contribution in [0.2, 0.25) is 0 Å². The lowest BCUT2D eigenvalue weighted by atomic mass is 10.2. The molecule has 1 aromatic heterocycles. The minimum Gasteiger partial charge on any atom is -0.490 e. The van der Waals surface area contributed by atoms with Crippen LogP contribution in [0, 0.1) is 0 Å². The molecule has 8 heteroatoms. The van der Waals surface area contributed by atoms with Crippen molar-refractivity contribution in [1.29, 1.82) is 0 Å². The Balaban J connectivity index is 1.95. The summed E-state index contributed by atoms with van der Waals surface area (Å²) in [5.41, 5.74) is 0.387. The van der Waals surface area contributed by atoms with Crippen molar-refractivity contribution in [3.05, 3.63) is 36.0 Å². The number of carbonyl (C=O) groups is 2. The molecule has 1 aromatic carbocycles. The highest BCUT2D eigenvalue weighted by atomic mass is 16.5. The number of hydrogen-bond donors (Lipinski definition) is 2. The number of nitrogens with zero attached hydrogens (tertiary/aromatic N) is 2. The fourth-order valence-electron chi connectivity index (χ4n) is 2.12. The number of rotatable bonds is 8. The Labute approximate surface area is 146 Å². The molecule has 25 heavy (non-hydrogen) atoms. The molecule has 0 radical (unpaired) electrons. The van der Waals surface area contributed by atoms with Crippen LogP contribution in [0.5, 0.6) is 11.5 Å². The minimum atomic E-state index is -0.375. The number of aromatic nitrogens is 2. The fraction of sp³-hybridized carbons (Fsp3) is 0.353. The Morgan fingerprint density at radius 3 is 2.48 bits per heavy atom. The molecular formula is C17H22N4O4. The highest BCUT2D eigenvalue weighted by Crippen LogP contribution is 2.28. The topological polar surface area (TPSA) is 94.5 Å². The average molecular weight is 346 g/mol. The monoisotopic (exact) mass is 346 g/mol. The van der Waals surface area contributed by atoms with Gasteiger partial charge in [0.2, 0.25) is 5.91 Å². The maximum atomic E-state index is 12.2. The van der Waals surface area contributed by atoms with Crippen molar-refractivity contribution in [2.24, 2.45) is 7.05 Å². The van der Waals surface area contributed by atoms with Crippen LogP contribution < -0.4 is 20.1 Å². The van der Waals surface area contributed by atoms with Crippen LogP contribution in [-0.2, 0) is 11.8 Å². The number of hydrogen-bond acceptors (Lipinski definition) is 5. The molecule has 2 amide bonds. The predicted octanol–water partition coefficient (Wildman–Crippen LogP) is 1.59. The molecule has 2 aromatic rings. The molecule has 1 heterocycles. The van der Waals surface area contributed by atoms with Crippen molar-refractivity contribution in [2.45, 2.75) is 13.8 Å². The zero-order chi connectivity index (χ0) is 18.2. The van der Waals surface area contributed by atoms with Gasteiger partial charge in [-0.25, -0.2) is 0 Å². The van der Waals surface area contributed by atoms with Crippen LogP contribution in [0.4, 0.5) is 5.82 Å². The first-order valence-corrected chi connectivity index (χ1v) is 8.00. The molecule has 0 fully saturated rings. The van der Waals surface area contributed by atoms with E-state index >= 15 is 0 Å². The second kappa shape index (κ2) is 8.72. The van der Waals surface area contributed by atoms with Crippen LogP contribution in [0.25, 0.3) is 0 Å². The Hall–Kier alpha value is -3.03. The Morgan fingerprint density at radius 2 is 1.84 bits per heavy atom. The van der Waals surface area contributed by atoms with E-state index in [-0.39, 0.29) is 18.4 Å². The lowest BCUT2D eigenvalue weighted by molar-refractivity contribution is -0.115. The number of ether oxygens (including phenoxy) is 2. The summed E-state index contributed by atoms with van der Waals surface area (Å²) in [4.78, 5) is 24.1. The summed E-state index contributed by atoms with van der Waals surface area (Å²) in [5.74, 6) is 0.772. The van der Waals surface area contributed by atoms with E-state index < -0.39 is 0 Å². The van der Waals surface area contributed by atoms with Crippen LogP contribution >= 0.6 is 0 Å². The molecule has 0 saturated heterocycles. The third-order valence-corrected chi connectivity index (χ3v) is 3.20. The third kappa shape index (κ3) is 5.23. The van der Waals surface area contributed by atoms with Crippen molar-refractivity contribution >= 4 is 17.6 Å². The molecule has 0 bridgehead atoms. The van der Waals surface area contributed by atoms with Gasteiger partial charge in [0.05, 0.1) is 19.8 Å². The summed E-state index contributed by atoms with van der Waals surface area (Å²) in [6, 6.07) is 6.57. The molecule has 0 unspecified atom stereocenters. The van der Waals surface area contributed by atoms with Crippen LogP contribution in [0.3, 0.4) is 0 Å². The summed E-state index contributed by atoms with van der Waals surface area (Å²) in [6.07, 6.45) is 1.71. The van der Waals surface area contributed by atoms with E-state index in [1.165, 1.54) is 0 Å². The SMILES string of the molecule is CCOc1ccc(C(=O)NCC(=O)Nc2ccn(C)n2)cc1OCC. The summed E-state index contributed by atoms with van der Waals surface area (Å²) in [7, 11) is 1.75. The van der Waals surface area contributed by atoms with E-state index in [9.17, 15) is 9.59 Å². The summed E-state index contributed by atoms with van der Waals surface area (Å²) >= 11 is 0. The Bertz CT molecular complexity index is 742. The number of amides is 2. The van der Waals surface area contributed by atoms with Crippen molar-refractivity contribution in [3.63, 3.8) is 0 Å². The van der Waals surface area contributed by atoms with Gasteiger partial charge in [0, 0.05) is 24.9 Å². The second-order valence-corrected chi connectivity index (χ2v) is 5.13. The Kier molecular flexibility index (Phi) is 6.39. The Morgan fingerprint density at radius 1 is 1.12 bits per heavy atom. The van der Waals surface area contributed by atoms with E-state index in [0.717, 1.165) is 0 Å². The van der Waals surface area contributed by atoms with Crippen molar-refractivity contribution < 1.29 is 19.1 Å². The normalized spacial score (nSPS) is 10.2. The zero-order valence-electron chi connectivity index (χ0n) is 14.5. The molecule has 0 aliphatic rings. The van der Waals surface area contributed by atoms with Crippen molar-refractivity contribution in [1.82, 2.24) is 15.1 Å². The predicted molar refractivity (Wildman–Crippen MR) is 93.0 cm³/mol. The lowest BCUT2D eigenvalue weighted by Gasteiger charge is -2.12. The largest absolute Gasteiger partial charge is 0.490 e. The quantitative estimate of drug-likeness (QED) is 0.757. The highest BCUT2D eigenvalue weighted by molar-refractivity contribution is 5.99. The van der Waals surface area contributed by atoms with Gasteiger partial charge in [-0.15, -0.1) is 0 Å². The van der Waals surface area contributed by atoms with Crippen LogP contribution in [-0.4, -0.2) is 41.4 Å². The smallest absolute Gasteiger partial charge is 0.251 e. The van der Waals surface area contributed by atoms with E-state index in [0.29, 0.717) is 36.1 Å². The van der Waals surface area contributed by atoms with Gasteiger partial charge < -0.3 is 20.1 Å². The first-order valence-electron chi connectivity index (χ1n) is 8.00. The van der Waals surface area contributed by atoms with Gasteiger partial charge >= 0.3 is 0 Å². The van der Waals surface area contributed by atoms with Gasteiger partial charge in [0.15, 0.2) is 17.3 Å². The number of aryl methyl sites for hydroxylation is 1. The van der Waals surface area contributed by atoms with Crippen molar-refractivity contribution in [3.8, 4) is 11.5 Å². The lowest BCUT2D eigenvalue weighted by Crippen LogP contribution is -2.33. The number of carbonyl (C=O) groups excluding carboxylic acids is 2. The maximum Gasteiger partial charge on any atom is 0.251 e.